The quantitative estimate of drug-likeness (QED) is 0.809. The monoisotopic (exact) mass is 345 g/mol. The van der Waals surface area contributed by atoms with Gasteiger partial charge in [-0.3, -0.25) is 5.32 Å². The summed E-state index contributed by atoms with van der Waals surface area (Å²) in [6.07, 6.45) is -1.94. The highest BCUT2D eigenvalue weighted by atomic mass is 79.9. The molecule has 0 saturated heterocycles. The van der Waals surface area contributed by atoms with E-state index in [-0.39, 0.29) is 6.61 Å². The predicted octanol–water partition coefficient (Wildman–Crippen LogP) is 3.99. The molecule has 110 valence electrons. The summed E-state index contributed by atoms with van der Waals surface area (Å²) < 4.78 is 10.7. The Morgan fingerprint density at radius 1 is 1.35 bits per heavy atom. The number of hydrogen-bond donors (Lipinski definition) is 2. The molecule has 0 unspecified atom stereocenters. The van der Waals surface area contributed by atoms with Crippen molar-refractivity contribution >= 4 is 33.9 Å². The van der Waals surface area contributed by atoms with Crippen LogP contribution in [0.3, 0.4) is 0 Å². The summed E-state index contributed by atoms with van der Waals surface area (Å²) in [5.74, 6) is 0. The average molecular weight is 346 g/mol. The van der Waals surface area contributed by atoms with Crippen molar-refractivity contribution in [2.45, 2.75) is 33.0 Å². The van der Waals surface area contributed by atoms with Crippen LogP contribution >= 0.6 is 15.9 Å². The van der Waals surface area contributed by atoms with E-state index >= 15 is 0 Å². The molecule has 0 aromatic heterocycles. The third kappa shape index (κ3) is 5.92. The molecule has 7 heteroatoms. The van der Waals surface area contributed by atoms with Gasteiger partial charge in [-0.05, 0) is 39.0 Å². The zero-order chi connectivity index (χ0) is 15.3. The first-order valence-electron chi connectivity index (χ1n) is 5.81. The van der Waals surface area contributed by atoms with Crippen molar-refractivity contribution in [2.24, 2.45) is 0 Å². The molecule has 0 saturated carbocycles. The number of nitrogens with one attached hydrogen (secondary N) is 1. The molecular weight excluding hydrogens is 330 g/mol. The molecule has 1 rings (SSSR count). The molecule has 0 spiro atoms. The fourth-order valence-electron chi connectivity index (χ4n) is 1.30. The van der Waals surface area contributed by atoms with Crippen molar-refractivity contribution in [2.75, 3.05) is 5.32 Å². The molecule has 0 radical (unpaired) electrons. The van der Waals surface area contributed by atoms with Crippen LogP contribution in [0.4, 0.5) is 15.3 Å². The SMILES string of the molecule is CC(C)(C)OC(=O)OCc1cc(NC(=O)O)ccc1Br. The lowest BCUT2D eigenvalue weighted by atomic mass is 10.2. The lowest BCUT2D eigenvalue weighted by Crippen LogP contribution is -2.24. The minimum Gasteiger partial charge on any atom is -0.465 e. The summed E-state index contributed by atoms with van der Waals surface area (Å²) in [6.45, 7) is 5.19. The number of carbonyl (C=O) groups excluding carboxylic acids is 1. The Labute approximate surface area is 125 Å². The number of ether oxygens (including phenoxy) is 2. The number of amides is 1. The third-order valence-electron chi connectivity index (χ3n) is 2.03. The first-order chi connectivity index (χ1) is 9.17. The summed E-state index contributed by atoms with van der Waals surface area (Å²) in [5.41, 5.74) is 0.395. The van der Waals surface area contributed by atoms with E-state index < -0.39 is 17.8 Å². The number of benzene rings is 1. The van der Waals surface area contributed by atoms with Crippen molar-refractivity contribution < 1.29 is 24.2 Å². The van der Waals surface area contributed by atoms with Crippen LogP contribution in [0.5, 0.6) is 0 Å². The second kappa shape index (κ2) is 6.60. The Hall–Kier alpha value is -1.76. The average Bonchev–Trinajstić information content (AvgIpc) is 2.27. The Bertz CT molecular complexity index is 510. The van der Waals surface area contributed by atoms with E-state index in [0.717, 1.165) is 0 Å². The molecule has 1 aromatic carbocycles. The maximum atomic E-state index is 11.4. The van der Waals surface area contributed by atoms with Crippen molar-refractivity contribution in [3.8, 4) is 0 Å². The van der Waals surface area contributed by atoms with Gasteiger partial charge in [-0.2, -0.15) is 0 Å². The Balaban J connectivity index is 2.67. The third-order valence-corrected chi connectivity index (χ3v) is 2.81. The molecule has 0 atom stereocenters. The number of hydrogen-bond acceptors (Lipinski definition) is 4. The largest absolute Gasteiger partial charge is 0.509 e. The zero-order valence-electron chi connectivity index (χ0n) is 11.4. The van der Waals surface area contributed by atoms with Crippen LogP contribution in [-0.4, -0.2) is 23.0 Å². The lowest BCUT2D eigenvalue weighted by Gasteiger charge is -2.19. The number of rotatable bonds is 3. The van der Waals surface area contributed by atoms with Gasteiger partial charge < -0.3 is 14.6 Å². The van der Waals surface area contributed by atoms with E-state index in [1.54, 1.807) is 39.0 Å². The molecule has 0 aliphatic heterocycles. The van der Waals surface area contributed by atoms with Gasteiger partial charge in [0.25, 0.3) is 0 Å². The van der Waals surface area contributed by atoms with Gasteiger partial charge in [0.2, 0.25) is 0 Å². The van der Waals surface area contributed by atoms with Gasteiger partial charge in [0.05, 0.1) is 0 Å². The molecular formula is C13H16BrNO5. The van der Waals surface area contributed by atoms with Crippen LogP contribution in [0.25, 0.3) is 0 Å². The first-order valence-corrected chi connectivity index (χ1v) is 6.61. The van der Waals surface area contributed by atoms with Gasteiger partial charge in [0.15, 0.2) is 0 Å². The highest BCUT2D eigenvalue weighted by Crippen LogP contribution is 2.22. The van der Waals surface area contributed by atoms with E-state index in [1.807, 2.05) is 0 Å². The second-order valence-electron chi connectivity index (χ2n) is 4.99. The van der Waals surface area contributed by atoms with Crippen LogP contribution in [0, 0.1) is 0 Å². The zero-order valence-corrected chi connectivity index (χ0v) is 13.0. The number of anilines is 1. The molecule has 1 amide bonds. The molecule has 20 heavy (non-hydrogen) atoms. The molecule has 0 fully saturated rings. The van der Waals surface area contributed by atoms with E-state index in [1.165, 1.54) is 0 Å². The van der Waals surface area contributed by atoms with Crippen LogP contribution in [-0.2, 0) is 16.1 Å². The van der Waals surface area contributed by atoms with Gasteiger partial charge in [-0.25, -0.2) is 9.59 Å². The number of carbonyl (C=O) groups is 2. The van der Waals surface area contributed by atoms with E-state index in [0.29, 0.717) is 15.7 Å². The number of carboxylic acid groups (broad SMARTS) is 1. The van der Waals surface area contributed by atoms with E-state index in [4.69, 9.17) is 14.6 Å². The summed E-state index contributed by atoms with van der Waals surface area (Å²) in [6, 6.07) is 4.83. The van der Waals surface area contributed by atoms with E-state index in [9.17, 15) is 9.59 Å². The molecule has 0 bridgehead atoms. The summed E-state index contributed by atoms with van der Waals surface area (Å²) in [4.78, 5) is 22.0. The first kappa shape index (κ1) is 16.3. The smallest absolute Gasteiger partial charge is 0.465 e. The normalized spacial score (nSPS) is 10.8. The summed E-state index contributed by atoms with van der Waals surface area (Å²) in [5, 5.41) is 10.9. The van der Waals surface area contributed by atoms with Gasteiger partial charge in [0, 0.05) is 15.7 Å². The molecule has 0 aliphatic rings. The van der Waals surface area contributed by atoms with Gasteiger partial charge in [0.1, 0.15) is 12.2 Å². The maximum Gasteiger partial charge on any atom is 0.509 e. The van der Waals surface area contributed by atoms with Gasteiger partial charge in [-0.1, -0.05) is 15.9 Å². The summed E-state index contributed by atoms with van der Waals surface area (Å²) >= 11 is 3.30. The molecule has 2 N–H and O–H groups in total. The highest BCUT2D eigenvalue weighted by molar-refractivity contribution is 9.10. The molecule has 0 aliphatic carbocycles. The van der Waals surface area contributed by atoms with Crippen molar-refractivity contribution in [1.82, 2.24) is 0 Å². The fraction of sp³-hybridized carbons (Fsp3) is 0.385. The van der Waals surface area contributed by atoms with Crippen molar-refractivity contribution in [3.05, 3.63) is 28.2 Å². The molecule has 0 heterocycles. The van der Waals surface area contributed by atoms with Crippen LogP contribution in [0.1, 0.15) is 26.3 Å². The Kier molecular flexibility index (Phi) is 5.38. The second-order valence-corrected chi connectivity index (χ2v) is 5.84. The minimum absolute atomic E-state index is 0.0232. The minimum atomic E-state index is -1.16. The summed E-state index contributed by atoms with van der Waals surface area (Å²) in [7, 11) is 0. The maximum absolute atomic E-state index is 11.4. The Morgan fingerprint density at radius 3 is 2.55 bits per heavy atom. The van der Waals surface area contributed by atoms with Crippen LogP contribution in [0.2, 0.25) is 0 Å². The topological polar surface area (TPSA) is 84.9 Å². The van der Waals surface area contributed by atoms with Gasteiger partial charge >= 0.3 is 12.2 Å². The molecule has 1 aromatic rings. The van der Waals surface area contributed by atoms with Crippen LogP contribution in [0.15, 0.2) is 22.7 Å². The van der Waals surface area contributed by atoms with E-state index in [2.05, 4.69) is 21.2 Å². The lowest BCUT2D eigenvalue weighted by molar-refractivity contribution is -0.0108. The fourth-order valence-corrected chi connectivity index (χ4v) is 1.66. The van der Waals surface area contributed by atoms with Crippen LogP contribution < -0.4 is 5.32 Å². The van der Waals surface area contributed by atoms with Crippen molar-refractivity contribution in [3.63, 3.8) is 0 Å². The Morgan fingerprint density at radius 2 is 2.00 bits per heavy atom. The number of halogens is 1. The standard InChI is InChI=1S/C13H16BrNO5/c1-13(2,3)20-12(18)19-7-8-6-9(15-11(16)17)4-5-10(8)14/h4-6,15H,7H2,1-3H3,(H,16,17). The van der Waals surface area contributed by atoms with Crippen molar-refractivity contribution in [1.29, 1.82) is 0 Å². The molecule has 6 nitrogen and oxygen atoms in total. The predicted molar refractivity (Wildman–Crippen MR) is 76.8 cm³/mol. The van der Waals surface area contributed by atoms with Gasteiger partial charge in [-0.15, -0.1) is 0 Å². The highest BCUT2D eigenvalue weighted by Gasteiger charge is 2.17.